The van der Waals surface area contributed by atoms with Crippen LogP contribution >= 0.6 is 0 Å². The van der Waals surface area contributed by atoms with Crippen molar-refractivity contribution in [1.82, 2.24) is 4.57 Å². The van der Waals surface area contributed by atoms with Crippen LogP contribution in [-0.2, 0) is 21.7 Å². The fraction of sp³-hybridized carbons (Fsp3) is 0.239. The molecular formula is C71H67BN4O. The highest BCUT2D eigenvalue weighted by Gasteiger charge is 2.47. The Bertz CT molecular complexity index is 5850. The zero-order chi connectivity index (χ0) is 77.8. The van der Waals surface area contributed by atoms with E-state index in [0.717, 1.165) is 4.90 Å². The minimum Gasteiger partial charge on any atom is -0.456 e. The highest BCUT2D eigenvalue weighted by molar-refractivity contribution is 7.00. The summed E-state index contributed by atoms with van der Waals surface area (Å²) in [6.07, 6.45) is 0. The summed E-state index contributed by atoms with van der Waals surface area (Å²) in [7, 11) is 0. The number of furan rings is 1. The van der Waals surface area contributed by atoms with Gasteiger partial charge in [0.1, 0.15) is 11.2 Å². The van der Waals surface area contributed by atoms with Gasteiger partial charge in [0.2, 0.25) is 0 Å². The molecule has 0 saturated carbocycles. The van der Waals surface area contributed by atoms with Crippen molar-refractivity contribution in [1.29, 1.82) is 0 Å². The van der Waals surface area contributed by atoms with Crippen LogP contribution in [0.4, 0.5) is 51.2 Å². The Morgan fingerprint density at radius 3 is 1.69 bits per heavy atom. The third-order valence-electron chi connectivity index (χ3n) is 14.4. The molecule has 11 aromatic rings. The van der Waals surface area contributed by atoms with Crippen molar-refractivity contribution in [2.75, 3.05) is 14.7 Å². The molecule has 380 valence electrons. The summed E-state index contributed by atoms with van der Waals surface area (Å²) in [5, 5.41) is -1.06. The van der Waals surface area contributed by atoms with Gasteiger partial charge >= 0.3 is 0 Å². The fourth-order valence-corrected chi connectivity index (χ4v) is 10.5. The molecule has 0 aliphatic carbocycles. The minimum atomic E-state index is -1.98. The minimum absolute atomic E-state index is 0.0339. The second-order valence-corrected chi connectivity index (χ2v) is 24.1. The van der Waals surface area contributed by atoms with Crippen molar-refractivity contribution in [2.45, 2.75) is 112 Å². The molecule has 14 rings (SSSR count). The second kappa shape index (κ2) is 16.1. The quantitative estimate of drug-likeness (QED) is 0.164. The zero-order valence-corrected chi connectivity index (χ0v) is 44.8. The number of fused-ring (bicyclic) bond motifs is 12. The summed E-state index contributed by atoms with van der Waals surface area (Å²) >= 11 is 0. The lowest BCUT2D eigenvalue weighted by Crippen LogP contribution is -2.61. The first-order valence-electron chi connectivity index (χ1n) is 39.5. The van der Waals surface area contributed by atoms with E-state index >= 15 is 0 Å². The summed E-state index contributed by atoms with van der Waals surface area (Å²) in [4.78, 5) is 2.92. The maximum absolute atomic E-state index is 11.2. The maximum Gasteiger partial charge on any atom is 0.252 e. The van der Waals surface area contributed by atoms with E-state index in [1.54, 1.807) is 83.1 Å². The van der Waals surface area contributed by atoms with Crippen LogP contribution in [0.3, 0.4) is 0 Å². The van der Waals surface area contributed by atoms with Crippen LogP contribution in [0.2, 0.25) is 0 Å². The maximum atomic E-state index is 11.2. The van der Waals surface area contributed by atoms with Crippen molar-refractivity contribution in [2.24, 2.45) is 0 Å². The fourth-order valence-electron chi connectivity index (χ4n) is 10.5. The van der Waals surface area contributed by atoms with Gasteiger partial charge in [-0.25, -0.2) is 0 Å². The summed E-state index contributed by atoms with van der Waals surface area (Å²) in [5.41, 5.74) is -13.5. The number of hydrogen-bond donors (Lipinski definition) is 0. The molecule has 0 N–H and O–H groups in total. The molecule has 0 spiro atoms. The van der Waals surface area contributed by atoms with Crippen molar-refractivity contribution in [3.8, 4) is 5.69 Å². The molecule has 0 fully saturated rings. The van der Waals surface area contributed by atoms with Crippen LogP contribution in [0, 0.1) is 6.92 Å². The van der Waals surface area contributed by atoms with E-state index < -0.39 is 247 Å². The first-order valence-corrected chi connectivity index (χ1v) is 25.5. The molecule has 3 aliphatic heterocycles. The molecule has 0 amide bonds. The molecule has 0 unspecified atom stereocenters. The van der Waals surface area contributed by atoms with Crippen molar-refractivity contribution < 1.29 is 42.8 Å². The molecule has 77 heavy (non-hydrogen) atoms. The number of hydrogen-bond acceptors (Lipinski definition) is 4. The lowest BCUT2D eigenvalue weighted by atomic mass is 9.33. The van der Waals surface area contributed by atoms with E-state index in [4.69, 9.17) is 8.53 Å². The Hall–Kier alpha value is -7.96. The first-order chi connectivity index (χ1) is 48.4. The van der Waals surface area contributed by atoms with Crippen LogP contribution < -0.4 is 31.1 Å². The van der Waals surface area contributed by atoms with Gasteiger partial charge in [0.25, 0.3) is 6.71 Å². The third-order valence-corrected chi connectivity index (χ3v) is 14.4. The normalized spacial score (nSPS) is 19.1. The number of rotatable bonds is 4. The Kier molecular flexibility index (Phi) is 5.50. The van der Waals surface area contributed by atoms with Gasteiger partial charge < -0.3 is 23.7 Å². The van der Waals surface area contributed by atoms with Crippen LogP contribution in [0.1, 0.15) is 149 Å². The highest BCUT2D eigenvalue weighted by atomic mass is 16.3. The number of aromatic nitrogens is 1. The molecule has 9 aromatic carbocycles. The molecule has 5 nitrogen and oxygen atoms in total. The van der Waals surface area contributed by atoms with E-state index in [-0.39, 0.29) is 95.4 Å². The van der Waals surface area contributed by atoms with Crippen LogP contribution in [-0.4, -0.2) is 11.3 Å². The smallest absolute Gasteiger partial charge is 0.252 e. The molecule has 2 aromatic heterocycles. The van der Waals surface area contributed by atoms with E-state index in [1.165, 1.54) is 16.4 Å². The van der Waals surface area contributed by atoms with Crippen molar-refractivity contribution >= 4 is 118 Å². The molecular weight excluding hydrogens is 936 g/mol. The van der Waals surface area contributed by atoms with Gasteiger partial charge in [-0.05, 0) is 176 Å². The predicted octanol–water partition coefficient (Wildman–Crippen LogP) is 18.0. The van der Waals surface area contributed by atoms with Crippen LogP contribution in [0.5, 0.6) is 0 Å². The Morgan fingerprint density at radius 1 is 0.429 bits per heavy atom. The summed E-state index contributed by atoms with van der Waals surface area (Å²) in [6.45, 7) is 19.6. The van der Waals surface area contributed by atoms with Crippen LogP contribution in [0.15, 0.2) is 174 Å². The Balaban J connectivity index is 1.28. The van der Waals surface area contributed by atoms with E-state index in [1.807, 2.05) is 0 Å². The van der Waals surface area contributed by atoms with E-state index in [2.05, 4.69) is 0 Å². The first kappa shape index (κ1) is 26.4. The lowest BCUT2D eigenvalue weighted by Gasteiger charge is -2.46. The molecule has 0 atom stereocenters. The molecule has 0 radical (unpaired) electrons. The van der Waals surface area contributed by atoms with Crippen molar-refractivity contribution in [3.63, 3.8) is 0 Å². The SMILES string of the molecule is [2H]c1c([2H])c2c3c(c1[2H])-n1c4c([2H])c([2H])c(C(C)(C)C)c([2H])c4c4c([2H])c(C(C)(C)C)c([2H])c(c41)N3c1c([2H])c(C)c([2H])c3c1B2c1c([2H])c([2H])c(N(c2c([2H])c([2H])c(C(C)(C)C)c([2H])c2[2H])c2c([2H])c([2H])c(C(C)(C)C)c([2H])c2[2H])c([2H])c1N3c1c([2H])c([2H])c2oc3c([2H])c([2H])c([2H])c([2H])c3c2c1[2H]. The number of nitrogens with zero attached hydrogens (tertiary/aromatic N) is 4. The van der Waals surface area contributed by atoms with E-state index in [0.29, 0.717) is 4.90 Å². The number of benzene rings is 9. The molecule has 0 saturated heterocycles. The predicted molar refractivity (Wildman–Crippen MR) is 330 cm³/mol. The van der Waals surface area contributed by atoms with Gasteiger partial charge in [0, 0.05) is 61.4 Å². The summed E-state index contributed by atoms with van der Waals surface area (Å²) in [6, 6.07) is -20.8. The lowest BCUT2D eigenvalue weighted by molar-refractivity contribution is 0.590. The van der Waals surface area contributed by atoms with E-state index in [9.17, 15) is 34.3 Å². The number of anilines is 9. The average Bonchev–Trinajstić information content (AvgIpc) is 1.64. The average molecular weight is 1030 g/mol. The van der Waals surface area contributed by atoms with Gasteiger partial charge in [-0.1, -0.05) is 150 Å². The zero-order valence-electron chi connectivity index (χ0n) is 72.8. The van der Waals surface area contributed by atoms with Crippen molar-refractivity contribution in [3.05, 3.63) is 197 Å². The standard InChI is InChI=1S/C71H67BN4O/c1-42-35-60-65-61(36-42)76-62-39-46(71(11,12)13)38-54-52-37-45(70(8,9)10)25-33-57(52)75(66(54)62)58-19-16-18-56(67(58)76)72(65)55-32-30-50(41-59(55)74(60)49-31-34-64-53(40-49)51-17-14-15-20-63(51)77-64)73(47-26-21-43(22-27-47)68(2,3)4)48-28-23-44(24-29-48)69(5,6)7/h14-41H,1-13H3/i14D,15D,16D,17D,18D,19D,20D,21D,22D,23D,24D,25D,26D,27D,28D,29D,30D,31D,32D,33D,34D,35D,36D,37D,38D,39D,40D,41D. The van der Waals surface area contributed by atoms with Gasteiger partial charge in [-0.2, -0.15) is 0 Å². The summed E-state index contributed by atoms with van der Waals surface area (Å²) in [5.74, 6) is 0. The molecule has 6 heteroatoms. The third kappa shape index (κ3) is 7.13. The van der Waals surface area contributed by atoms with Gasteiger partial charge in [0.15, 0.2) is 0 Å². The Labute approximate surface area is 493 Å². The van der Waals surface area contributed by atoms with Gasteiger partial charge in [0.05, 0.1) is 66.5 Å². The molecule has 3 aliphatic rings. The Morgan fingerprint density at radius 2 is 1.03 bits per heavy atom. The monoisotopic (exact) mass is 1030 g/mol. The van der Waals surface area contributed by atoms with Crippen LogP contribution in [0.25, 0.3) is 49.4 Å². The largest absolute Gasteiger partial charge is 0.456 e. The topological polar surface area (TPSA) is 27.8 Å². The summed E-state index contributed by atoms with van der Waals surface area (Å²) < 4.78 is 287. The van der Waals surface area contributed by atoms with Gasteiger partial charge in [-0.3, -0.25) is 0 Å². The highest BCUT2D eigenvalue weighted by Crippen LogP contribution is 2.54. The second-order valence-electron chi connectivity index (χ2n) is 24.1. The number of para-hydroxylation sites is 2. The molecule has 0 bridgehead atoms. The van der Waals surface area contributed by atoms with Gasteiger partial charge in [-0.15, -0.1) is 0 Å². The molecule has 5 heterocycles.